The Bertz CT molecular complexity index is 333. The standard InChI is InChI=1S/C13H18BrN/c1-4-10(2)9-15-11(3)12-7-5-6-8-13(12)14/h5-8,11,15H,2,4,9H2,1,3H3/t11-/m1/s1. The Morgan fingerprint density at radius 2 is 2.13 bits per heavy atom. The van der Waals surface area contributed by atoms with Gasteiger partial charge in [-0.2, -0.15) is 0 Å². The lowest BCUT2D eigenvalue weighted by Crippen LogP contribution is -2.21. The molecule has 0 spiro atoms. The molecule has 1 rings (SSSR count). The molecule has 1 atom stereocenters. The molecule has 1 N–H and O–H groups in total. The van der Waals surface area contributed by atoms with Gasteiger partial charge in [0.1, 0.15) is 0 Å². The van der Waals surface area contributed by atoms with Crippen molar-refractivity contribution >= 4 is 15.9 Å². The van der Waals surface area contributed by atoms with E-state index < -0.39 is 0 Å². The van der Waals surface area contributed by atoms with Gasteiger partial charge in [0.25, 0.3) is 0 Å². The highest BCUT2D eigenvalue weighted by Crippen LogP contribution is 2.22. The highest BCUT2D eigenvalue weighted by molar-refractivity contribution is 9.10. The summed E-state index contributed by atoms with van der Waals surface area (Å²) in [5.41, 5.74) is 2.54. The van der Waals surface area contributed by atoms with Crippen LogP contribution in [0.2, 0.25) is 0 Å². The lowest BCUT2D eigenvalue weighted by atomic mass is 10.1. The minimum absolute atomic E-state index is 0.351. The number of nitrogens with one attached hydrogen (secondary N) is 1. The number of halogens is 1. The van der Waals surface area contributed by atoms with Gasteiger partial charge in [-0.1, -0.05) is 53.2 Å². The van der Waals surface area contributed by atoms with Crippen molar-refractivity contribution in [2.75, 3.05) is 6.54 Å². The summed E-state index contributed by atoms with van der Waals surface area (Å²) in [7, 11) is 0. The van der Waals surface area contributed by atoms with Crippen LogP contribution in [-0.2, 0) is 0 Å². The van der Waals surface area contributed by atoms with Gasteiger partial charge in [-0.25, -0.2) is 0 Å². The van der Waals surface area contributed by atoms with E-state index in [0.717, 1.165) is 17.4 Å². The fourth-order valence-electron chi connectivity index (χ4n) is 1.36. The SMILES string of the molecule is C=C(CC)CN[C@H](C)c1ccccc1Br. The summed E-state index contributed by atoms with van der Waals surface area (Å²) in [6.45, 7) is 9.18. The average Bonchev–Trinajstić information content (AvgIpc) is 2.26. The van der Waals surface area contributed by atoms with E-state index in [9.17, 15) is 0 Å². The van der Waals surface area contributed by atoms with E-state index in [4.69, 9.17) is 0 Å². The molecule has 0 radical (unpaired) electrons. The van der Waals surface area contributed by atoms with Gasteiger partial charge in [0.2, 0.25) is 0 Å². The van der Waals surface area contributed by atoms with E-state index in [1.807, 2.05) is 6.07 Å². The van der Waals surface area contributed by atoms with Crippen molar-refractivity contribution in [1.82, 2.24) is 5.32 Å². The molecule has 15 heavy (non-hydrogen) atoms. The molecule has 0 heterocycles. The van der Waals surface area contributed by atoms with E-state index >= 15 is 0 Å². The average molecular weight is 268 g/mol. The quantitative estimate of drug-likeness (QED) is 0.794. The molecule has 1 aromatic carbocycles. The zero-order valence-corrected chi connectivity index (χ0v) is 11.0. The summed E-state index contributed by atoms with van der Waals surface area (Å²) in [5.74, 6) is 0. The maximum Gasteiger partial charge on any atom is 0.0306 e. The molecule has 0 aliphatic carbocycles. The van der Waals surface area contributed by atoms with Gasteiger partial charge in [0.05, 0.1) is 0 Å². The van der Waals surface area contributed by atoms with Crippen LogP contribution in [0.3, 0.4) is 0 Å². The number of hydrogen-bond donors (Lipinski definition) is 1. The maximum absolute atomic E-state index is 3.99. The first kappa shape index (κ1) is 12.5. The molecule has 0 saturated carbocycles. The maximum atomic E-state index is 3.99. The Morgan fingerprint density at radius 3 is 2.73 bits per heavy atom. The lowest BCUT2D eigenvalue weighted by Gasteiger charge is -2.16. The van der Waals surface area contributed by atoms with E-state index in [0.29, 0.717) is 6.04 Å². The van der Waals surface area contributed by atoms with Gasteiger partial charge in [-0.3, -0.25) is 0 Å². The fourth-order valence-corrected chi connectivity index (χ4v) is 1.99. The second kappa shape index (κ2) is 6.09. The van der Waals surface area contributed by atoms with E-state index in [1.165, 1.54) is 11.1 Å². The predicted octanol–water partition coefficient (Wildman–Crippen LogP) is 4.07. The van der Waals surface area contributed by atoms with Gasteiger partial charge in [-0.15, -0.1) is 0 Å². The van der Waals surface area contributed by atoms with Crippen molar-refractivity contribution < 1.29 is 0 Å². The van der Waals surface area contributed by atoms with E-state index in [-0.39, 0.29) is 0 Å². The minimum Gasteiger partial charge on any atom is -0.306 e. The van der Waals surface area contributed by atoms with Crippen LogP contribution in [0.4, 0.5) is 0 Å². The molecule has 0 fully saturated rings. The van der Waals surface area contributed by atoms with Gasteiger partial charge >= 0.3 is 0 Å². The Labute approximate surface area is 101 Å². The topological polar surface area (TPSA) is 12.0 Å². The molecule has 0 bridgehead atoms. The summed E-state index contributed by atoms with van der Waals surface area (Å²) in [6.07, 6.45) is 1.04. The molecule has 2 heteroatoms. The molecule has 0 aliphatic heterocycles. The summed E-state index contributed by atoms with van der Waals surface area (Å²) >= 11 is 3.56. The normalized spacial score (nSPS) is 12.5. The third-order valence-electron chi connectivity index (χ3n) is 2.53. The monoisotopic (exact) mass is 267 g/mol. The summed E-state index contributed by atoms with van der Waals surface area (Å²) in [6, 6.07) is 8.65. The zero-order valence-electron chi connectivity index (χ0n) is 9.39. The predicted molar refractivity (Wildman–Crippen MR) is 70.0 cm³/mol. The van der Waals surface area contributed by atoms with Crippen LogP contribution in [0.1, 0.15) is 31.9 Å². The van der Waals surface area contributed by atoms with Gasteiger partial charge in [0, 0.05) is 17.1 Å². The lowest BCUT2D eigenvalue weighted by molar-refractivity contribution is 0.600. The first-order chi connectivity index (χ1) is 7.15. The Morgan fingerprint density at radius 1 is 1.47 bits per heavy atom. The minimum atomic E-state index is 0.351. The summed E-state index contributed by atoms with van der Waals surface area (Å²) < 4.78 is 1.16. The van der Waals surface area contributed by atoms with Crippen molar-refractivity contribution in [1.29, 1.82) is 0 Å². The van der Waals surface area contributed by atoms with Crippen molar-refractivity contribution in [3.8, 4) is 0 Å². The van der Waals surface area contributed by atoms with Crippen LogP contribution in [0.5, 0.6) is 0 Å². The first-order valence-corrected chi connectivity index (χ1v) is 6.09. The van der Waals surface area contributed by atoms with Crippen molar-refractivity contribution in [3.05, 3.63) is 46.5 Å². The number of hydrogen-bond acceptors (Lipinski definition) is 1. The molecule has 0 unspecified atom stereocenters. The van der Waals surface area contributed by atoms with E-state index in [1.54, 1.807) is 0 Å². The molecule has 0 aliphatic rings. The van der Waals surface area contributed by atoms with E-state index in [2.05, 4.69) is 59.9 Å². The van der Waals surface area contributed by atoms with Gasteiger partial charge in [-0.05, 0) is 25.0 Å². The van der Waals surface area contributed by atoms with Crippen molar-refractivity contribution in [2.24, 2.45) is 0 Å². The number of benzene rings is 1. The Balaban J connectivity index is 2.57. The Kier molecular flexibility index (Phi) is 5.06. The fraction of sp³-hybridized carbons (Fsp3) is 0.385. The molecular weight excluding hydrogens is 250 g/mol. The van der Waals surface area contributed by atoms with Crippen LogP contribution in [0.15, 0.2) is 40.9 Å². The number of rotatable bonds is 5. The second-order valence-corrected chi connectivity index (χ2v) is 4.58. The molecule has 0 amide bonds. The summed E-state index contributed by atoms with van der Waals surface area (Å²) in [4.78, 5) is 0. The molecule has 82 valence electrons. The van der Waals surface area contributed by atoms with Crippen molar-refractivity contribution in [3.63, 3.8) is 0 Å². The second-order valence-electron chi connectivity index (χ2n) is 3.73. The van der Waals surface area contributed by atoms with Crippen LogP contribution in [0.25, 0.3) is 0 Å². The molecule has 1 nitrogen and oxygen atoms in total. The molecule has 1 aromatic rings. The third kappa shape index (κ3) is 3.80. The smallest absolute Gasteiger partial charge is 0.0306 e. The Hall–Kier alpha value is -0.600. The molecule has 0 aromatic heterocycles. The molecule has 0 saturated heterocycles. The van der Waals surface area contributed by atoms with Gasteiger partial charge in [0.15, 0.2) is 0 Å². The highest BCUT2D eigenvalue weighted by atomic mass is 79.9. The van der Waals surface area contributed by atoms with Crippen LogP contribution < -0.4 is 5.32 Å². The largest absolute Gasteiger partial charge is 0.306 e. The summed E-state index contributed by atoms with van der Waals surface area (Å²) in [5, 5.41) is 3.46. The van der Waals surface area contributed by atoms with Crippen LogP contribution in [0, 0.1) is 0 Å². The van der Waals surface area contributed by atoms with Crippen molar-refractivity contribution in [2.45, 2.75) is 26.3 Å². The first-order valence-electron chi connectivity index (χ1n) is 5.29. The highest BCUT2D eigenvalue weighted by Gasteiger charge is 2.07. The van der Waals surface area contributed by atoms with Gasteiger partial charge < -0.3 is 5.32 Å². The zero-order chi connectivity index (χ0) is 11.3. The van der Waals surface area contributed by atoms with Crippen LogP contribution >= 0.6 is 15.9 Å². The molecular formula is C13H18BrN. The van der Waals surface area contributed by atoms with Crippen LogP contribution in [-0.4, -0.2) is 6.54 Å². The third-order valence-corrected chi connectivity index (χ3v) is 3.25.